The predicted octanol–water partition coefficient (Wildman–Crippen LogP) is 3.40. The van der Waals surface area contributed by atoms with Gasteiger partial charge in [0, 0.05) is 23.5 Å². The zero-order valence-electron chi connectivity index (χ0n) is 16.7. The summed E-state index contributed by atoms with van der Waals surface area (Å²) in [6, 6.07) is 14.6. The molecular formula is C23H26N2O4. The number of H-pyrrole nitrogens is 1. The summed E-state index contributed by atoms with van der Waals surface area (Å²) in [5, 5.41) is 3.76. The number of aromatic nitrogens is 1. The third kappa shape index (κ3) is 5.38. The molecular weight excluding hydrogens is 368 g/mol. The van der Waals surface area contributed by atoms with Crippen molar-refractivity contribution < 1.29 is 19.1 Å². The van der Waals surface area contributed by atoms with Gasteiger partial charge in [0.15, 0.2) is 6.61 Å². The largest absolute Gasteiger partial charge is 0.484 e. The van der Waals surface area contributed by atoms with Crippen LogP contribution in [0.5, 0.6) is 5.75 Å². The molecule has 0 saturated heterocycles. The number of nitrogens with one attached hydrogen (secondary N) is 2. The maximum atomic E-state index is 12.4. The summed E-state index contributed by atoms with van der Waals surface area (Å²) in [7, 11) is 0. The molecule has 1 amide bonds. The number of aromatic amines is 1. The van der Waals surface area contributed by atoms with Gasteiger partial charge in [-0.2, -0.15) is 0 Å². The first kappa shape index (κ1) is 20.5. The van der Waals surface area contributed by atoms with Gasteiger partial charge in [-0.1, -0.05) is 37.3 Å². The minimum absolute atomic E-state index is 0.171. The zero-order valence-corrected chi connectivity index (χ0v) is 16.7. The second-order valence-electron chi connectivity index (χ2n) is 6.72. The number of hydrogen-bond donors (Lipinski definition) is 2. The molecule has 6 heteroatoms. The Labute approximate surface area is 170 Å². The van der Waals surface area contributed by atoms with Crippen LogP contribution in [0.1, 0.15) is 25.0 Å². The number of rotatable bonds is 9. The summed E-state index contributed by atoms with van der Waals surface area (Å²) >= 11 is 0. The number of hydrogen-bond acceptors (Lipinski definition) is 4. The molecule has 3 rings (SSSR count). The van der Waals surface area contributed by atoms with Gasteiger partial charge in [0.1, 0.15) is 11.8 Å². The number of carbonyl (C=O) groups is 2. The lowest BCUT2D eigenvalue weighted by molar-refractivity contribution is -0.147. The van der Waals surface area contributed by atoms with E-state index in [1.165, 1.54) is 5.56 Å². The normalized spacial score (nSPS) is 11.8. The fraction of sp³-hybridized carbons (Fsp3) is 0.304. The molecule has 29 heavy (non-hydrogen) atoms. The van der Waals surface area contributed by atoms with Gasteiger partial charge in [0.25, 0.3) is 5.91 Å². The molecule has 0 unspecified atom stereocenters. The maximum Gasteiger partial charge on any atom is 0.328 e. The van der Waals surface area contributed by atoms with Gasteiger partial charge in [-0.15, -0.1) is 0 Å². The van der Waals surface area contributed by atoms with Crippen molar-refractivity contribution in [1.82, 2.24) is 10.3 Å². The average molecular weight is 394 g/mol. The summed E-state index contributed by atoms with van der Waals surface area (Å²) in [5.74, 6) is -0.220. The van der Waals surface area contributed by atoms with E-state index in [1.807, 2.05) is 54.7 Å². The fourth-order valence-electron chi connectivity index (χ4n) is 3.16. The summed E-state index contributed by atoms with van der Waals surface area (Å²) in [4.78, 5) is 28.0. The van der Waals surface area contributed by atoms with Crippen molar-refractivity contribution in [2.24, 2.45) is 0 Å². The predicted molar refractivity (Wildman–Crippen MR) is 112 cm³/mol. The van der Waals surface area contributed by atoms with Gasteiger partial charge in [-0.3, -0.25) is 4.79 Å². The van der Waals surface area contributed by atoms with E-state index >= 15 is 0 Å². The van der Waals surface area contributed by atoms with E-state index in [0.29, 0.717) is 12.2 Å². The molecule has 2 aromatic carbocycles. The van der Waals surface area contributed by atoms with Gasteiger partial charge in [0.2, 0.25) is 0 Å². The number of amides is 1. The molecule has 0 aliphatic rings. The van der Waals surface area contributed by atoms with Crippen molar-refractivity contribution in [3.05, 3.63) is 65.9 Å². The highest BCUT2D eigenvalue weighted by Gasteiger charge is 2.24. The number of ether oxygens (including phenoxy) is 2. The van der Waals surface area contributed by atoms with Crippen molar-refractivity contribution in [2.75, 3.05) is 13.2 Å². The number of benzene rings is 2. The van der Waals surface area contributed by atoms with E-state index in [9.17, 15) is 9.59 Å². The van der Waals surface area contributed by atoms with Crippen LogP contribution in [-0.4, -0.2) is 36.1 Å². The summed E-state index contributed by atoms with van der Waals surface area (Å²) in [6.07, 6.45) is 3.13. The van der Waals surface area contributed by atoms with Crippen LogP contribution in [0.4, 0.5) is 0 Å². The first-order valence-corrected chi connectivity index (χ1v) is 9.83. The molecule has 3 aromatic rings. The number of carbonyl (C=O) groups excluding carboxylic acids is 2. The average Bonchev–Trinajstić information content (AvgIpc) is 3.15. The van der Waals surface area contributed by atoms with Crippen LogP contribution < -0.4 is 10.1 Å². The van der Waals surface area contributed by atoms with Crippen molar-refractivity contribution >= 4 is 22.8 Å². The topological polar surface area (TPSA) is 80.4 Å². The van der Waals surface area contributed by atoms with Crippen molar-refractivity contribution in [3.63, 3.8) is 0 Å². The minimum atomic E-state index is -0.785. The Morgan fingerprint density at radius 3 is 2.55 bits per heavy atom. The smallest absolute Gasteiger partial charge is 0.328 e. The number of fused-ring (bicyclic) bond motifs is 1. The molecule has 0 aliphatic carbocycles. The lowest BCUT2D eigenvalue weighted by Crippen LogP contribution is -2.45. The summed E-state index contributed by atoms with van der Waals surface area (Å²) in [6.45, 7) is 3.90. The Balaban J connectivity index is 1.64. The van der Waals surface area contributed by atoms with Crippen LogP contribution in [0.15, 0.2) is 54.7 Å². The molecule has 0 spiro atoms. The molecule has 0 radical (unpaired) electrons. The van der Waals surface area contributed by atoms with Gasteiger partial charge in [-0.25, -0.2) is 4.79 Å². The van der Waals surface area contributed by atoms with Crippen molar-refractivity contribution in [2.45, 2.75) is 32.7 Å². The third-order valence-electron chi connectivity index (χ3n) is 4.71. The zero-order chi connectivity index (χ0) is 20.6. The molecule has 1 heterocycles. The number of aryl methyl sites for hydroxylation is 1. The first-order chi connectivity index (χ1) is 14.1. The molecule has 1 atom stereocenters. The highest BCUT2D eigenvalue weighted by molar-refractivity contribution is 5.87. The standard InChI is InChI=1S/C23H26N2O4/c1-3-16-9-11-18(12-10-16)29-15-22(26)25-21(23(27)28-4-2)13-17-14-24-20-8-6-5-7-19(17)20/h5-12,14,21,24H,3-4,13,15H2,1-2H3,(H,25,26)/t21-/m0/s1. The maximum absolute atomic E-state index is 12.4. The Morgan fingerprint density at radius 1 is 1.07 bits per heavy atom. The van der Waals surface area contributed by atoms with E-state index in [-0.39, 0.29) is 19.1 Å². The summed E-state index contributed by atoms with van der Waals surface area (Å²) < 4.78 is 10.7. The van der Waals surface area contributed by atoms with Gasteiger partial charge in [0.05, 0.1) is 6.61 Å². The number of para-hydroxylation sites is 1. The fourth-order valence-corrected chi connectivity index (χ4v) is 3.16. The molecule has 0 fully saturated rings. The highest BCUT2D eigenvalue weighted by Crippen LogP contribution is 2.19. The monoisotopic (exact) mass is 394 g/mol. The van der Waals surface area contributed by atoms with Crippen LogP contribution in [0.2, 0.25) is 0 Å². The van der Waals surface area contributed by atoms with Crippen LogP contribution in [0.3, 0.4) is 0 Å². The van der Waals surface area contributed by atoms with Crippen LogP contribution in [0.25, 0.3) is 10.9 Å². The van der Waals surface area contributed by atoms with Gasteiger partial charge < -0.3 is 19.8 Å². The molecule has 2 N–H and O–H groups in total. The highest BCUT2D eigenvalue weighted by atomic mass is 16.5. The Kier molecular flexibility index (Phi) is 6.89. The van der Waals surface area contributed by atoms with E-state index in [4.69, 9.17) is 9.47 Å². The molecule has 0 aliphatic heterocycles. The van der Waals surface area contributed by atoms with Crippen LogP contribution in [0, 0.1) is 0 Å². The van der Waals surface area contributed by atoms with E-state index in [1.54, 1.807) is 6.92 Å². The van der Waals surface area contributed by atoms with Crippen LogP contribution >= 0.6 is 0 Å². The first-order valence-electron chi connectivity index (χ1n) is 9.83. The second kappa shape index (κ2) is 9.78. The number of esters is 1. The molecule has 6 nitrogen and oxygen atoms in total. The quantitative estimate of drug-likeness (QED) is 0.545. The van der Waals surface area contributed by atoms with E-state index in [0.717, 1.165) is 22.9 Å². The molecule has 1 aromatic heterocycles. The summed E-state index contributed by atoms with van der Waals surface area (Å²) in [5.41, 5.74) is 3.12. The van der Waals surface area contributed by atoms with Gasteiger partial charge in [-0.05, 0) is 42.7 Å². The van der Waals surface area contributed by atoms with Gasteiger partial charge >= 0.3 is 5.97 Å². The van der Waals surface area contributed by atoms with E-state index in [2.05, 4.69) is 17.2 Å². The van der Waals surface area contributed by atoms with E-state index < -0.39 is 12.0 Å². The third-order valence-corrected chi connectivity index (χ3v) is 4.71. The SMILES string of the molecule is CCOC(=O)[C@H](Cc1c[nH]c2ccccc12)NC(=O)COc1ccc(CC)cc1. The Hall–Kier alpha value is -3.28. The molecule has 0 saturated carbocycles. The second-order valence-corrected chi connectivity index (χ2v) is 6.72. The van der Waals surface area contributed by atoms with Crippen molar-refractivity contribution in [1.29, 1.82) is 0 Å². The Morgan fingerprint density at radius 2 is 1.83 bits per heavy atom. The molecule has 0 bridgehead atoms. The Bertz CT molecular complexity index is 962. The minimum Gasteiger partial charge on any atom is -0.484 e. The van der Waals surface area contributed by atoms with Crippen LogP contribution in [-0.2, 0) is 27.2 Å². The van der Waals surface area contributed by atoms with Crippen molar-refractivity contribution in [3.8, 4) is 5.75 Å². The molecule has 152 valence electrons. The lowest BCUT2D eigenvalue weighted by Gasteiger charge is -2.17. The lowest BCUT2D eigenvalue weighted by atomic mass is 10.0.